The number of hydrogen-bond donors (Lipinski definition) is 0. The van der Waals surface area contributed by atoms with Crippen LogP contribution in [0.3, 0.4) is 0 Å². The molecule has 0 aliphatic rings. The highest BCUT2D eigenvalue weighted by molar-refractivity contribution is 9.10. The third-order valence-corrected chi connectivity index (χ3v) is 4.10. The maximum Gasteiger partial charge on any atom is 0.303 e. The lowest BCUT2D eigenvalue weighted by atomic mass is 10.0. The molecule has 0 spiro atoms. The minimum absolute atomic E-state index is 0.110. The molecule has 1 unspecified atom stereocenters. The maximum atomic E-state index is 14.0. The van der Waals surface area contributed by atoms with Crippen LogP contribution < -0.4 is 4.74 Å². The summed E-state index contributed by atoms with van der Waals surface area (Å²) >= 11 is 2.99. The molecule has 2 aromatic carbocycles. The Hall–Kier alpha value is -1.63. The quantitative estimate of drug-likeness (QED) is 0.537. The van der Waals surface area contributed by atoms with Crippen LogP contribution in [0, 0.1) is 18.6 Å². The van der Waals surface area contributed by atoms with Crippen LogP contribution in [0.5, 0.6) is 5.75 Å². The van der Waals surface area contributed by atoms with Gasteiger partial charge in [0.15, 0.2) is 17.7 Å². The first-order valence-corrected chi connectivity index (χ1v) is 7.88. The minimum atomic E-state index is -3.79. The van der Waals surface area contributed by atoms with E-state index in [-0.39, 0.29) is 10.2 Å². The monoisotopic (exact) mass is 408 g/mol. The Morgan fingerprint density at radius 2 is 1.71 bits per heavy atom. The molecule has 0 saturated carbocycles. The Morgan fingerprint density at radius 3 is 2.33 bits per heavy atom. The van der Waals surface area contributed by atoms with Crippen molar-refractivity contribution in [2.75, 3.05) is 6.61 Å². The lowest BCUT2D eigenvalue weighted by Crippen LogP contribution is -2.29. The molecule has 1 atom stereocenters. The van der Waals surface area contributed by atoms with E-state index in [0.717, 1.165) is 24.3 Å². The van der Waals surface area contributed by atoms with E-state index in [1.165, 1.54) is 6.07 Å². The molecule has 24 heavy (non-hydrogen) atoms. The van der Waals surface area contributed by atoms with E-state index in [1.807, 2.05) is 0 Å². The standard InChI is InChI=1S/C17H14BrF5O/c1-10-2-7-13(18)15(21)16(10)24-9-8-14(20)17(22,23)11-3-5-12(19)6-4-11/h2-7,14H,8-9H2,1H3. The molecule has 7 heteroatoms. The summed E-state index contributed by atoms with van der Waals surface area (Å²) in [6.07, 6.45) is -3.19. The second kappa shape index (κ2) is 7.51. The summed E-state index contributed by atoms with van der Waals surface area (Å²) in [6.45, 7) is 1.16. The maximum absolute atomic E-state index is 14.0. The Morgan fingerprint density at radius 1 is 1.08 bits per heavy atom. The fourth-order valence-electron chi connectivity index (χ4n) is 2.10. The van der Waals surface area contributed by atoms with Crippen LogP contribution >= 0.6 is 15.9 Å². The molecular formula is C17H14BrF5O. The number of aryl methyl sites for hydroxylation is 1. The molecule has 0 fully saturated rings. The zero-order valence-electron chi connectivity index (χ0n) is 12.6. The number of benzene rings is 2. The van der Waals surface area contributed by atoms with Crippen molar-refractivity contribution in [1.29, 1.82) is 0 Å². The van der Waals surface area contributed by atoms with Crippen molar-refractivity contribution in [3.63, 3.8) is 0 Å². The summed E-state index contributed by atoms with van der Waals surface area (Å²) in [7, 11) is 0. The van der Waals surface area contributed by atoms with Crippen molar-refractivity contribution in [2.45, 2.75) is 25.4 Å². The fourth-order valence-corrected chi connectivity index (χ4v) is 2.42. The van der Waals surface area contributed by atoms with Gasteiger partial charge in [-0.3, -0.25) is 0 Å². The summed E-state index contributed by atoms with van der Waals surface area (Å²) in [5.41, 5.74) is -0.155. The van der Waals surface area contributed by atoms with E-state index in [9.17, 15) is 22.0 Å². The van der Waals surface area contributed by atoms with Crippen molar-refractivity contribution in [3.05, 3.63) is 63.6 Å². The van der Waals surface area contributed by atoms with Crippen molar-refractivity contribution >= 4 is 15.9 Å². The van der Waals surface area contributed by atoms with Crippen LogP contribution in [0.4, 0.5) is 22.0 Å². The largest absolute Gasteiger partial charge is 0.490 e. The first-order chi connectivity index (χ1) is 11.2. The fraction of sp³-hybridized carbons (Fsp3) is 0.294. The van der Waals surface area contributed by atoms with Gasteiger partial charge in [0.2, 0.25) is 0 Å². The molecule has 0 aliphatic carbocycles. The van der Waals surface area contributed by atoms with Crippen LogP contribution in [0.2, 0.25) is 0 Å². The number of hydrogen-bond acceptors (Lipinski definition) is 1. The number of rotatable bonds is 6. The van der Waals surface area contributed by atoms with Crippen LogP contribution in [-0.2, 0) is 5.92 Å². The average Bonchev–Trinajstić information content (AvgIpc) is 2.54. The van der Waals surface area contributed by atoms with Gasteiger partial charge in [0, 0.05) is 12.0 Å². The normalized spacial score (nSPS) is 13.0. The molecule has 0 heterocycles. The first kappa shape index (κ1) is 18.7. The lowest BCUT2D eigenvalue weighted by Gasteiger charge is -2.21. The molecule has 2 rings (SSSR count). The minimum Gasteiger partial charge on any atom is -0.490 e. The smallest absolute Gasteiger partial charge is 0.303 e. The van der Waals surface area contributed by atoms with Gasteiger partial charge in [-0.05, 0) is 46.6 Å². The molecule has 0 aliphatic heterocycles. The van der Waals surface area contributed by atoms with Gasteiger partial charge in [-0.1, -0.05) is 18.2 Å². The Balaban J connectivity index is 2.01. The molecule has 0 N–H and O–H groups in total. The molecule has 0 radical (unpaired) electrons. The van der Waals surface area contributed by atoms with Gasteiger partial charge >= 0.3 is 5.92 Å². The van der Waals surface area contributed by atoms with Gasteiger partial charge in [-0.25, -0.2) is 13.2 Å². The predicted octanol–water partition coefficient (Wildman–Crippen LogP) is 5.93. The topological polar surface area (TPSA) is 9.23 Å². The van der Waals surface area contributed by atoms with E-state index in [1.54, 1.807) is 13.0 Å². The lowest BCUT2D eigenvalue weighted by molar-refractivity contribution is -0.0847. The van der Waals surface area contributed by atoms with Gasteiger partial charge in [-0.2, -0.15) is 8.78 Å². The van der Waals surface area contributed by atoms with Crippen molar-refractivity contribution in [1.82, 2.24) is 0 Å². The highest BCUT2D eigenvalue weighted by Gasteiger charge is 2.41. The highest BCUT2D eigenvalue weighted by atomic mass is 79.9. The summed E-state index contributed by atoms with van der Waals surface area (Å²) in [5, 5.41) is 0. The Kier molecular flexibility index (Phi) is 5.85. The van der Waals surface area contributed by atoms with Crippen LogP contribution in [0.15, 0.2) is 40.9 Å². The number of alkyl halides is 3. The van der Waals surface area contributed by atoms with E-state index >= 15 is 0 Å². The molecule has 1 nitrogen and oxygen atoms in total. The van der Waals surface area contributed by atoms with E-state index in [2.05, 4.69) is 15.9 Å². The molecular weight excluding hydrogens is 395 g/mol. The Labute approximate surface area is 144 Å². The first-order valence-electron chi connectivity index (χ1n) is 7.08. The summed E-state index contributed by atoms with van der Waals surface area (Å²) < 4.78 is 73.9. The Bertz CT molecular complexity index is 703. The van der Waals surface area contributed by atoms with E-state index in [4.69, 9.17) is 4.74 Å². The molecule has 130 valence electrons. The van der Waals surface area contributed by atoms with Gasteiger partial charge in [0.25, 0.3) is 0 Å². The van der Waals surface area contributed by atoms with Gasteiger partial charge < -0.3 is 4.74 Å². The molecule has 2 aromatic rings. The second-order valence-corrected chi connectivity index (χ2v) is 6.10. The SMILES string of the molecule is Cc1ccc(Br)c(F)c1OCCC(F)C(F)(F)c1ccc(F)cc1. The number of halogens is 6. The molecule has 0 bridgehead atoms. The summed E-state index contributed by atoms with van der Waals surface area (Å²) in [5.74, 6) is -5.26. The summed E-state index contributed by atoms with van der Waals surface area (Å²) in [4.78, 5) is 0. The third kappa shape index (κ3) is 4.06. The molecule has 0 amide bonds. The number of ether oxygens (including phenoxy) is 1. The second-order valence-electron chi connectivity index (χ2n) is 5.24. The van der Waals surface area contributed by atoms with Gasteiger partial charge in [0.05, 0.1) is 11.1 Å². The van der Waals surface area contributed by atoms with Crippen LogP contribution in [0.25, 0.3) is 0 Å². The van der Waals surface area contributed by atoms with Crippen molar-refractivity contribution in [2.24, 2.45) is 0 Å². The van der Waals surface area contributed by atoms with Crippen LogP contribution in [0.1, 0.15) is 17.5 Å². The third-order valence-electron chi connectivity index (χ3n) is 3.49. The highest BCUT2D eigenvalue weighted by Crippen LogP contribution is 2.36. The zero-order chi connectivity index (χ0) is 17.9. The van der Waals surface area contributed by atoms with Gasteiger partial charge in [0.1, 0.15) is 5.82 Å². The van der Waals surface area contributed by atoms with Crippen LogP contribution in [-0.4, -0.2) is 12.8 Å². The molecule has 0 saturated heterocycles. The van der Waals surface area contributed by atoms with Crippen molar-refractivity contribution in [3.8, 4) is 5.75 Å². The van der Waals surface area contributed by atoms with E-state index in [0.29, 0.717) is 5.56 Å². The zero-order valence-corrected chi connectivity index (χ0v) is 14.2. The van der Waals surface area contributed by atoms with Crippen molar-refractivity contribution < 1.29 is 26.7 Å². The summed E-state index contributed by atoms with van der Waals surface area (Å²) in [6, 6.07) is 6.42. The van der Waals surface area contributed by atoms with Gasteiger partial charge in [-0.15, -0.1) is 0 Å². The molecule has 0 aromatic heterocycles. The predicted molar refractivity (Wildman–Crippen MR) is 84.1 cm³/mol. The average molecular weight is 409 g/mol. The van der Waals surface area contributed by atoms with E-state index < -0.39 is 42.3 Å².